The van der Waals surface area contributed by atoms with E-state index in [1.807, 2.05) is 72.4 Å². The number of aromatic nitrogens is 4. The first-order valence-electron chi connectivity index (χ1n) is 15.8. The molecule has 0 spiro atoms. The van der Waals surface area contributed by atoms with Gasteiger partial charge in [-0.15, -0.1) is 0 Å². The van der Waals surface area contributed by atoms with Crippen LogP contribution >= 0.6 is 0 Å². The van der Waals surface area contributed by atoms with Crippen molar-refractivity contribution in [2.45, 2.75) is 44.7 Å². The normalized spacial score (nSPS) is 19.8. The standard InChI is InChI=1S/C21H16N4O.C14H12F2N2.C2H6/c22-9-14-5-1-2-6-16(14)21(26)24-11-15(12-24)20-18-8-4-3-7-17(18)19-10-23-13-25(19)20;15-14(16)5-9(6-14)13-11-4-2-1-3-10(11)12-7-17-8-18(12)13;1-2/h1-8,10,13,15,20H,11-12H2;1-4,7-9,13H,5-6H2;1-2H3. The second kappa shape index (κ2) is 11.7. The van der Waals surface area contributed by atoms with Gasteiger partial charge in [-0.2, -0.15) is 5.26 Å². The number of fused-ring (bicyclic) bond motifs is 6. The molecule has 0 bridgehead atoms. The first-order chi connectivity index (χ1) is 22.4. The largest absolute Gasteiger partial charge is 0.338 e. The van der Waals surface area contributed by atoms with Crippen LogP contribution in [0.1, 0.15) is 65.8 Å². The van der Waals surface area contributed by atoms with Gasteiger partial charge >= 0.3 is 0 Å². The van der Waals surface area contributed by atoms with Gasteiger partial charge in [-0.25, -0.2) is 18.7 Å². The van der Waals surface area contributed by atoms with Crippen LogP contribution in [0.4, 0.5) is 8.78 Å². The molecule has 2 atom stereocenters. The highest BCUT2D eigenvalue weighted by molar-refractivity contribution is 5.97. The molecule has 0 N–H and O–H groups in total. The van der Waals surface area contributed by atoms with Crippen LogP contribution in [0.5, 0.6) is 0 Å². The summed E-state index contributed by atoms with van der Waals surface area (Å²) in [6, 6.07) is 25.8. The predicted molar refractivity (Wildman–Crippen MR) is 171 cm³/mol. The summed E-state index contributed by atoms with van der Waals surface area (Å²) in [7, 11) is 0. The van der Waals surface area contributed by atoms with E-state index in [-0.39, 0.29) is 36.8 Å². The molecule has 5 heterocycles. The Kier molecular flexibility index (Phi) is 7.52. The van der Waals surface area contributed by atoms with Crippen LogP contribution in [0.15, 0.2) is 97.8 Å². The summed E-state index contributed by atoms with van der Waals surface area (Å²) in [5.74, 6) is -2.15. The number of hydrogen-bond donors (Lipinski definition) is 0. The molecule has 9 heteroatoms. The Morgan fingerprint density at radius 1 is 0.783 bits per heavy atom. The summed E-state index contributed by atoms with van der Waals surface area (Å²) < 4.78 is 30.5. The fourth-order valence-electron chi connectivity index (χ4n) is 7.45. The Morgan fingerprint density at radius 2 is 1.28 bits per heavy atom. The van der Waals surface area contributed by atoms with Crippen LogP contribution in [0, 0.1) is 23.2 Å². The Balaban J connectivity index is 0.000000148. The molecule has 1 saturated heterocycles. The van der Waals surface area contributed by atoms with Crippen LogP contribution < -0.4 is 0 Å². The Bertz CT molecular complexity index is 1940. The van der Waals surface area contributed by atoms with E-state index in [1.165, 1.54) is 11.1 Å². The van der Waals surface area contributed by atoms with E-state index >= 15 is 0 Å². The number of halogens is 2. The molecule has 1 saturated carbocycles. The van der Waals surface area contributed by atoms with Gasteiger partial charge in [0.1, 0.15) is 0 Å². The fourth-order valence-corrected chi connectivity index (χ4v) is 7.45. The number of nitrogens with zero attached hydrogens (tertiary/aromatic N) is 6. The molecule has 4 aliphatic rings. The molecule has 2 aromatic heterocycles. The number of hydrogen-bond acceptors (Lipinski definition) is 4. The van der Waals surface area contributed by atoms with E-state index in [0.29, 0.717) is 30.1 Å². The number of rotatable bonds is 3. The minimum Gasteiger partial charge on any atom is -0.338 e. The van der Waals surface area contributed by atoms with Crippen molar-refractivity contribution < 1.29 is 13.6 Å². The lowest BCUT2D eigenvalue weighted by Gasteiger charge is -2.43. The molecule has 46 heavy (non-hydrogen) atoms. The van der Waals surface area contributed by atoms with Gasteiger partial charge in [-0.3, -0.25) is 4.79 Å². The average molecular weight is 617 g/mol. The van der Waals surface area contributed by atoms with Crippen molar-refractivity contribution in [2.24, 2.45) is 11.8 Å². The molecule has 2 fully saturated rings. The van der Waals surface area contributed by atoms with Crippen molar-refractivity contribution in [3.63, 3.8) is 0 Å². The molecule has 3 aromatic carbocycles. The molecular formula is C37H34F2N6O. The molecule has 1 aliphatic carbocycles. The van der Waals surface area contributed by atoms with E-state index in [4.69, 9.17) is 0 Å². The van der Waals surface area contributed by atoms with E-state index in [1.54, 1.807) is 30.6 Å². The quantitative estimate of drug-likeness (QED) is 0.209. The lowest BCUT2D eigenvalue weighted by atomic mass is 9.74. The molecule has 2 unspecified atom stereocenters. The van der Waals surface area contributed by atoms with Crippen molar-refractivity contribution in [3.8, 4) is 28.6 Å². The predicted octanol–water partition coefficient (Wildman–Crippen LogP) is 7.62. The van der Waals surface area contributed by atoms with Gasteiger partial charge in [0.15, 0.2) is 0 Å². The van der Waals surface area contributed by atoms with Gasteiger partial charge in [-0.05, 0) is 29.2 Å². The number of carbonyl (C=O) groups is 1. The third-order valence-electron chi connectivity index (χ3n) is 9.53. The van der Waals surface area contributed by atoms with E-state index in [0.717, 1.165) is 22.5 Å². The summed E-state index contributed by atoms with van der Waals surface area (Å²) >= 11 is 0. The summed E-state index contributed by atoms with van der Waals surface area (Å²) in [5.41, 5.74) is 7.95. The van der Waals surface area contributed by atoms with E-state index < -0.39 is 5.92 Å². The van der Waals surface area contributed by atoms with E-state index in [9.17, 15) is 18.8 Å². The van der Waals surface area contributed by atoms with E-state index in [2.05, 4.69) is 38.8 Å². The molecular weight excluding hydrogens is 582 g/mol. The van der Waals surface area contributed by atoms with Crippen molar-refractivity contribution in [2.75, 3.05) is 13.1 Å². The van der Waals surface area contributed by atoms with Gasteiger partial charge in [0.2, 0.25) is 5.92 Å². The van der Waals surface area contributed by atoms with Crippen LogP contribution in [0.25, 0.3) is 22.5 Å². The maximum absolute atomic E-state index is 13.1. The van der Waals surface area contributed by atoms with Crippen molar-refractivity contribution >= 4 is 5.91 Å². The zero-order chi connectivity index (χ0) is 32.0. The summed E-state index contributed by atoms with van der Waals surface area (Å²) in [5, 5.41) is 9.23. The van der Waals surface area contributed by atoms with Crippen molar-refractivity contribution in [3.05, 3.63) is 120 Å². The third kappa shape index (κ3) is 4.80. The van der Waals surface area contributed by atoms with Crippen LogP contribution in [0.3, 0.4) is 0 Å². The monoisotopic (exact) mass is 616 g/mol. The molecule has 3 aliphatic heterocycles. The second-order valence-electron chi connectivity index (χ2n) is 12.1. The van der Waals surface area contributed by atoms with Crippen LogP contribution in [-0.2, 0) is 0 Å². The summed E-state index contributed by atoms with van der Waals surface area (Å²) in [6.07, 6.45) is 7.35. The number of benzene rings is 3. The molecule has 1 amide bonds. The lowest BCUT2D eigenvalue weighted by molar-refractivity contribution is -0.119. The van der Waals surface area contributed by atoms with Crippen molar-refractivity contribution in [1.82, 2.24) is 24.0 Å². The topological polar surface area (TPSA) is 79.7 Å². The number of alkyl halides is 2. The van der Waals surface area contributed by atoms with Crippen molar-refractivity contribution in [1.29, 1.82) is 5.26 Å². The Labute approximate surface area is 266 Å². The van der Waals surface area contributed by atoms with Gasteiger partial charge in [0, 0.05) is 43.0 Å². The molecule has 9 rings (SSSR count). The first-order valence-corrected chi connectivity index (χ1v) is 15.8. The van der Waals surface area contributed by atoms with Gasteiger partial charge in [-0.1, -0.05) is 74.5 Å². The fraction of sp³-hybridized carbons (Fsp3) is 0.297. The number of nitriles is 1. The zero-order valence-electron chi connectivity index (χ0n) is 25.7. The van der Waals surface area contributed by atoms with Gasteiger partial charge in [0.25, 0.3) is 5.91 Å². The number of amides is 1. The summed E-state index contributed by atoms with van der Waals surface area (Å²) in [6.45, 7) is 5.38. The number of carbonyl (C=O) groups excluding carboxylic acids is 1. The Morgan fingerprint density at radius 3 is 1.83 bits per heavy atom. The van der Waals surface area contributed by atoms with Gasteiger partial charge in [0.05, 0.1) is 65.7 Å². The number of likely N-dealkylation sites (tertiary alicyclic amines) is 1. The van der Waals surface area contributed by atoms with Crippen LogP contribution in [-0.4, -0.2) is 48.9 Å². The molecule has 5 aromatic rings. The molecule has 232 valence electrons. The highest BCUT2D eigenvalue weighted by Crippen LogP contribution is 2.54. The highest BCUT2D eigenvalue weighted by atomic mass is 19.3. The first kappa shape index (κ1) is 29.6. The maximum Gasteiger partial charge on any atom is 0.255 e. The molecule has 7 nitrogen and oxygen atoms in total. The third-order valence-corrected chi connectivity index (χ3v) is 9.53. The second-order valence-corrected chi connectivity index (χ2v) is 12.1. The minimum atomic E-state index is -2.47. The zero-order valence-corrected chi connectivity index (χ0v) is 25.7. The van der Waals surface area contributed by atoms with Gasteiger partial charge < -0.3 is 14.0 Å². The highest BCUT2D eigenvalue weighted by Gasteiger charge is 2.51. The SMILES string of the molecule is CC.FC1(F)CC(C2c3ccccc3-c3cncn32)C1.N#Cc1ccccc1C(=O)N1CC(C2c3ccccc3-c3cncn32)C1. The summed E-state index contributed by atoms with van der Waals surface area (Å²) in [4.78, 5) is 23.0. The number of imidazole rings is 2. The van der Waals surface area contributed by atoms with Crippen LogP contribution in [0.2, 0.25) is 0 Å². The maximum atomic E-state index is 13.1. The minimum absolute atomic E-state index is 0.0103. The smallest absolute Gasteiger partial charge is 0.255 e. The Hall–Kier alpha value is -5.10. The molecule has 0 radical (unpaired) electrons. The lowest BCUT2D eigenvalue weighted by Crippen LogP contribution is -2.52. The average Bonchev–Trinajstić information content (AvgIpc) is 3.83.